The van der Waals surface area contributed by atoms with Crippen molar-refractivity contribution >= 4 is 0 Å². The molecular weight excluding hydrogens is 252 g/mol. The van der Waals surface area contributed by atoms with Gasteiger partial charge in [0.2, 0.25) is 0 Å². The van der Waals surface area contributed by atoms with Crippen molar-refractivity contribution in [3.8, 4) is 0 Å². The maximum atomic E-state index is 6.01. The highest BCUT2D eigenvalue weighted by Gasteiger charge is 2.40. The molecule has 0 saturated carbocycles. The summed E-state index contributed by atoms with van der Waals surface area (Å²) in [5, 5.41) is 3.60. The Kier molecular flexibility index (Phi) is 5.46. The van der Waals surface area contributed by atoms with E-state index in [2.05, 4.69) is 37.9 Å². The summed E-state index contributed by atoms with van der Waals surface area (Å²) in [5.74, 6) is 0. The smallest absolute Gasteiger partial charge is 0.0757 e. The van der Waals surface area contributed by atoms with Gasteiger partial charge < -0.3 is 14.8 Å². The quantitative estimate of drug-likeness (QED) is 0.755. The van der Waals surface area contributed by atoms with E-state index >= 15 is 0 Å². The van der Waals surface area contributed by atoms with Crippen LogP contribution in [0, 0.1) is 5.41 Å². The first kappa shape index (κ1) is 16.2. The Morgan fingerprint density at radius 1 is 1.35 bits per heavy atom. The predicted molar refractivity (Wildman–Crippen MR) is 82.1 cm³/mol. The average molecular weight is 284 g/mol. The first-order valence-corrected chi connectivity index (χ1v) is 8.13. The van der Waals surface area contributed by atoms with Crippen molar-refractivity contribution in [2.75, 3.05) is 45.9 Å². The molecule has 2 fully saturated rings. The van der Waals surface area contributed by atoms with Crippen molar-refractivity contribution in [1.82, 2.24) is 10.2 Å². The van der Waals surface area contributed by atoms with Gasteiger partial charge in [0.15, 0.2) is 0 Å². The Morgan fingerprint density at radius 3 is 2.75 bits per heavy atom. The van der Waals surface area contributed by atoms with Crippen molar-refractivity contribution in [3.63, 3.8) is 0 Å². The number of rotatable bonds is 6. The molecular formula is C16H32N2O2. The molecule has 0 aromatic heterocycles. The van der Waals surface area contributed by atoms with E-state index in [0.717, 1.165) is 45.9 Å². The van der Waals surface area contributed by atoms with Gasteiger partial charge in [-0.2, -0.15) is 0 Å². The molecule has 2 saturated heterocycles. The van der Waals surface area contributed by atoms with Crippen LogP contribution in [0.5, 0.6) is 0 Å². The minimum atomic E-state index is -0.0326. The van der Waals surface area contributed by atoms with Crippen LogP contribution in [0.3, 0.4) is 0 Å². The lowest BCUT2D eigenvalue weighted by molar-refractivity contribution is -0.135. The van der Waals surface area contributed by atoms with Crippen LogP contribution in [0.15, 0.2) is 0 Å². The minimum absolute atomic E-state index is 0.0326. The van der Waals surface area contributed by atoms with Crippen molar-refractivity contribution in [3.05, 3.63) is 0 Å². The van der Waals surface area contributed by atoms with Crippen LogP contribution in [-0.4, -0.2) is 62.5 Å². The summed E-state index contributed by atoms with van der Waals surface area (Å²) in [4.78, 5) is 2.58. The number of hydrogen-bond acceptors (Lipinski definition) is 4. The minimum Gasteiger partial charge on any atom is -0.381 e. The molecule has 0 bridgehead atoms. The Balaban J connectivity index is 1.93. The zero-order valence-electron chi connectivity index (χ0n) is 13.7. The molecule has 2 unspecified atom stereocenters. The Hall–Kier alpha value is -0.160. The summed E-state index contributed by atoms with van der Waals surface area (Å²) in [6, 6.07) is 0. The van der Waals surface area contributed by atoms with Gasteiger partial charge in [0.05, 0.1) is 18.3 Å². The number of morpholine rings is 1. The molecule has 0 aliphatic carbocycles. The Morgan fingerprint density at radius 2 is 2.15 bits per heavy atom. The Labute approximate surface area is 124 Å². The SMILES string of the molecule is CCCNCC1(CN2CC(C)OC(C)(C)C2)CCOC1. The Bertz CT molecular complexity index is 301. The second-order valence-corrected chi connectivity index (χ2v) is 7.34. The molecule has 2 atom stereocenters. The van der Waals surface area contributed by atoms with Crippen LogP contribution in [0.1, 0.15) is 40.5 Å². The van der Waals surface area contributed by atoms with E-state index in [-0.39, 0.29) is 5.60 Å². The third kappa shape index (κ3) is 4.42. The fourth-order valence-electron chi connectivity index (χ4n) is 3.68. The van der Waals surface area contributed by atoms with Crippen LogP contribution in [-0.2, 0) is 9.47 Å². The first-order chi connectivity index (χ1) is 9.45. The van der Waals surface area contributed by atoms with E-state index in [1.54, 1.807) is 0 Å². The third-order valence-electron chi connectivity index (χ3n) is 4.31. The van der Waals surface area contributed by atoms with Crippen molar-refractivity contribution in [2.45, 2.75) is 52.2 Å². The van der Waals surface area contributed by atoms with Crippen molar-refractivity contribution in [1.29, 1.82) is 0 Å². The van der Waals surface area contributed by atoms with Crippen LogP contribution in [0.25, 0.3) is 0 Å². The monoisotopic (exact) mass is 284 g/mol. The van der Waals surface area contributed by atoms with Gasteiger partial charge in [0.25, 0.3) is 0 Å². The van der Waals surface area contributed by atoms with Gasteiger partial charge in [-0.15, -0.1) is 0 Å². The van der Waals surface area contributed by atoms with Gasteiger partial charge >= 0.3 is 0 Å². The summed E-state index contributed by atoms with van der Waals surface area (Å²) >= 11 is 0. The number of hydrogen-bond donors (Lipinski definition) is 1. The highest BCUT2D eigenvalue weighted by molar-refractivity contribution is 4.92. The molecule has 118 valence electrons. The second-order valence-electron chi connectivity index (χ2n) is 7.34. The van der Waals surface area contributed by atoms with Gasteiger partial charge in [0.1, 0.15) is 0 Å². The molecule has 2 heterocycles. The van der Waals surface area contributed by atoms with Crippen LogP contribution < -0.4 is 5.32 Å². The zero-order chi connectivity index (χ0) is 14.6. The molecule has 4 nitrogen and oxygen atoms in total. The summed E-state index contributed by atoms with van der Waals surface area (Å²) < 4.78 is 11.7. The van der Waals surface area contributed by atoms with E-state index in [0.29, 0.717) is 11.5 Å². The van der Waals surface area contributed by atoms with Gasteiger partial charge in [-0.3, -0.25) is 4.90 Å². The molecule has 0 aromatic rings. The van der Waals surface area contributed by atoms with Crippen molar-refractivity contribution in [2.24, 2.45) is 5.41 Å². The van der Waals surface area contributed by atoms with Crippen LogP contribution in [0.4, 0.5) is 0 Å². The molecule has 0 spiro atoms. The maximum absolute atomic E-state index is 6.01. The van der Waals surface area contributed by atoms with E-state index < -0.39 is 0 Å². The van der Waals surface area contributed by atoms with Crippen molar-refractivity contribution < 1.29 is 9.47 Å². The topological polar surface area (TPSA) is 33.7 Å². The first-order valence-electron chi connectivity index (χ1n) is 8.13. The number of nitrogens with one attached hydrogen (secondary N) is 1. The molecule has 1 N–H and O–H groups in total. The molecule has 4 heteroatoms. The van der Waals surface area contributed by atoms with Crippen LogP contribution in [0.2, 0.25) is 0 Å². The number of ether oxygens (including phenoxy) is 2. The standard InChI is InChI=1S/C16H32N2O2/c1-5-7-17-10-16(6-8-19-13-16)12-18-9-14(2)20-15(3,4)11-18/h14,17H,5-13H2,1-4H3. The summed E-state index contributed by atoms with van der Waals surface area (Å²) in [6.45, 7) is 16.0. The maximum Gasteiger partial charge on any atom is 0.0757 e. The fourth-order valence-corrected chi connectivity index (χ4v) is 3.68. The molecule has 2 aliphatic heterocycles. The van der Waals surface area contributed by atoms with E-state index in [9.17, 15) is 0 Å². The third-order valence-corrected chi connectivity index (χ3v) is 4.31. The normalized spacial score (nSPS) is 34.5. The molecule has 0 radical (unpaired) electrons. The highest BCUT2D eigenvalue weighted by atomic mass is 16.5. The van der Waals surface area contributed by atoms with E-state index in [1.807, 2.05) is 0 Å². The van der Waals surface area contributed by atoms with Gasteiger partial charge in [-0.05, 0) is 40.2 Å². The molecule has 0 aromatic carbocycles. The summed E-state index contributed by atoms with van der Waals surface area (Å²) in [7, 11) is 0. The zero-order valence-corrected chi connectivity index (χ0v) is 13.7. The summed E-state index contributed by atoms with van der Waals surface area (Å²) in [5.41, 5.74) is 0.261. The largest absolute Gasteiger partial charge is 0.381 e. The lowest BCUT2D eigenvalue weighted by Gasteiger charge is -2.45. The fraction of sp³-hybridized carbons (Fsp3) is 1.00. The van der Waals surface area contributed by atoms with Gasteiger partial charge in [0, 0.05) is 38.2 Å². The van der Waals surface area contributed by atoms with Crippen LogP contribution >= 0.6 is 0 Å². The lowest BCUT2D eigenvalue weighted by Crippen LogP contribution is -2.56. The molecule has 20 heavy (non-hydrogen) atoms. The number of nitrogens with zero attached hydrogens (tertiary/aromatic N) is 1. The average Bonchev–Trinajstić information content (AvgIpc) is 2.75. The molecule has 0 amide bonds. The molecule has 2 aliphatic rings. The lowest BCUT2D eigenvalue weighted by atomic mass is 9.85. The highest BCUT2D eigenvalue weighted by Crippen LogP contribution is 2.31. The predicted octanol–water partition coefficient (Wildman–Crippen LogP) is 1.89. The van der Waals surface area contributed by atoms with Gasteiger partial charge in [-0.25, -0.2) is 0 Å². The van der Waals surface area contributed by atoms with E-state index in [1.165, 1.54) is 12.8 Å². The van der Waals surface area contributed by atoms with Gasteiger partial charge in [-0.1, -0.05) is 6.92 Å². The van der Waals surface area contributed by atoms with E-state index in [4.69, 9.17) is 9.47 Å². The second kappa shape index (κ2) is 6.73. The summed E-state index contributed by atoms with van der Waals surface area (Å²) in [6.07, 6.45) is 2.69. The molecule has 2 rings (SSSR count).